The fourth-order valence-corrected chi connectivity index (χ4v) is 1.97. The Morgan fingerprint density at radius 3 is 2.43 bits per heavy atom. The van der Waals surface area contributed by atoms with Crippen LogP contribution in [0.1, 0.15) is 30.7 Å². The van der Waals surface area contributed by atoms with Crippen molar-refractivity contribution in [3.05, 3.63) is 41.1 Å². The first kappa shape index (κ1) is 15.3. The normalized spacial score (nSPS) is 10.8. The third kappa shape index (κ3) is 4.45. The fourth-order valence-electron chi connectivity index (χ4n) is 1.97. The van der Waals surface area contributed by atoms with Gasteiger partial charge in [0.1, 0.15) is 5.82 Å². The molecule has 0 unspecified atom stereocenters. The maximum Gasteiger partial charge on any atom is 0.224 e. The average Bonchev–Trinajstić information content (AvgIpc) is 2.40. The number of nitrogens with one attached hydrogen (secondary N) is 2. The van der Waals surface area contributed by atoms with E-state index in [4.69, 9.17) is 0 Å². The van der Waals surface area contributed by atoms with Gasteiger partial charge in [-0.3, -0.25) is 0 Å². The number of aromatic nitrogens is 2. The SMILES string of the molecule is Cc1cc(Nc2ccc(C)c(C)c2)nc(NCC(C)C)n1. The number of aryl methyl sites for hydroxylation is 3. The van der Waals surface area contributed by atoms with E-state index in [2.05, 4.69) is 66.5 Å². The van der Waals surface area contributed by atoms with Gasteiger partial charge in [-0.25, -0.2) is 4.98 Å². The van der Waals surface area contributed by atoms with E-state index in [-0.39, 0.29) is 0 Å². The van der Waals surface area contributed by atoms with Gasteiger partial charge in [-0.05, 0) is 49.9 Å². The highest BCUT2D eigenvalue weighted by Crippen LogP contribution is 2.19. The van der Waals surface area contributed by atoms with Crippen molar-refractivity contribution in [2.45, 2.75) is 34.6 Å². The molecule has 0 amide bonds. The van der Waals surface area contributed by atoms with Gasteiger partial charge < -0.3 is 10.6 Å². The monoisotopic (exact) mass is 284 g/mol. The molecular weight excluding hydrogens is 260 g/mol. The van der Waals surface area contributed by atoms with Gasteiger partial charge in [0.05, 0.1) is 0 Å². The summed E-state index contributed by atoms with van der Waals surface area (Å²) in [6.45, 7) is 11.4. The van der Waals surface area contributed by atoms with Gasteiger partial charge in [-0.2, -0.15) is 4.98 Å². The largest absolute Gasteiger partial charge is 0.354 e. The van der Waals surface area contributed by atoms with Crippen LogP contribution in [-0.2, 0) is 0 Å². The lowest BCUT2D eigenvalue weighted by Crippen LogP contribution is -2.11. The summed E-state index contributed by atoms with van der Waals surface area (Å²) in [5.41, 5.74) is 4.55. The van der Waals surface area contributed by atoms with Crippen molar-refractivity contribution >= 4 is 17.5 Å². The number of hydrogen-bond acceptors (Lipinski definition) is 4. The summed E-state index contributed by atoms with van der Waals surface area (Å²) in [6.07, 6.45) is 0. The van der Waals surface area contributed by atoms with Crippen LogP contribution in [0.5, 0.6) is 0 Å². The van der Waals surface area contributed by atoms with Crippen LogP contribution in [0.4, 0.5) is 17.5 Å². The zero-order valence-electron chi connectivity index (χ0n) is 13.5. The van der Waals surface area contributed by atoms with E-state index in [9.17, 15) is 0 Å². The van der Waals surface area contributed by atoms with Gasteiger partial charge in [0, 0.05) is 24.0 Å². The summed E-state index contributed by atoms with van der Waals surface area (Å²) in [4.78, 5) is 8.94. The Balaban J connectivity index is 2.17. The average molecular weight is 284 g/mol. The van der Waals surface area contributed by atoms with E-state index in [1.165, 1.54) is 11.1 Å². The highest BCUT2D eigenvalue weighted by Gasteiger charge is 2.04. The highest BCUT2D eigenvalue weighted by molar-refractivity contribution is 5.59. The predicted octanol–water partition coefficient (Wildman–Crippen LogP) is 4.21. The van der Waals surface area contributed by atoms with Crippen LogP contribution in [-0.4, -0.2) is 16.5 Å². The van der Waals surface area contributed by atoms with Crippen molar-refractivity contribution in [3.8, 4) is 0 Å². The lowest BCUT2D eigenvalue weighted by atomic mass is 10.1. The molecule has 4 nitrogen and oxygen atoms in total. The van der Waals surface area contributed by atoms with Gasteiger partial charge in [-0.15, -0.1) is 0 Å². The van der Waals surface area contributed by atoms with Crippen LogP contribution in [0.2, 0.25) is 0 Å². The molecule has 0 saturated heterocycles. The zero-order valence-corrected chi connectivity index (χ0v) is 13.5. The minimum Gasteiger partial charge on any atom is -0.354 e. The third-order valence-corrected chi connectivity index (χ3v) is 3.30. The van der Waals surface area contributed by atoms with Crippen molar-refractivity contribution in [2.24, 2.45) is 5.92 Å². The molecule has 2 rings (SSSR count). The van der Waals surface area contributed by atoms with Crippen molar-refractivity contribution in [2.75, 3.05) is 17.2 Å². The van der Waals surface area contributed by atoms with Crippen molar-refractivity contribution in [1.29, 1.82) is 0 Å². The minimum absolute atomic E-state index is 0.560. The third-order valence-electron chi connectivity index (χ3n) is 3.30. The molecule has 0 spiro atoms. The number of benzene rings is 1. The summed E-state index contributed by atoms with van der Waals surface area (Å²) < 4.78 is 0. The van der Waals surface area contributed by atoms with E-state index < -0.39 is 0 Å². The van der Waals surface area contributed by atoms with E-state index in [1.807, 2.05) is 13.0 Å². The Hall–Kier alpha value is -2.10. The first-order valence-corrected chi connectivity index (χ1v) is 7.38. The molecule has 0 bridgehead atoms. The molecule has 1 aromatic carbocycles. The Bertz CT molecular complexity index is 620. The molecule has 112 valence electrons. The van der Waals surface area contributed by atoms with Gasteiger partial charge in [0.2, 0.25) is 5.95 Å². The summed E-state index contributed by atoms with van der Waals surface area (Å²) in [5.74, 6) is 2.05. The van der Waals surface area contributed by atoms with Crippen LogP contribution < -0.4 is 10.6 Å². The van der Waals surface area contributed by atoms with Crippen LogP contribution >= 0.6 is 0 Å². The first-order chi connectivity index (χ1) is 9.94. The molecule has 2 aromatic rings. The smallest absolute Gasteiger partial charge is 0.224 e. The molecule has 1 heterocycles. The number of hydrogen-bond donors (Lipinski definition) is 2. The molecular formula is C17H24N4. The van der Waals surface area contributed by atoms with E-state index in [1.54, 1.807) is 0 Å². The molecule has 0 aliphatic rings. The Labute approximate surface area is 127 Å². The molecule has 0 radical (unpaired) electrons. The maximum absolute atomic E-state index is 4.52. The maximum atomic E-state index is 4.52. The molecule has 2 N–H and O–H groups in total. The van der Waals surface area contributed by atoms with Crippen LogP contribution in [0.15, 0.2) is 24.3 Å². The van der Waals surface area contributed by atoms with E-state index >= 15 is 0 Å². The van der Waals surface area contributed by atoms with Crippen molar-refractivity contribution in [3.63, 3.8) is 0 Å². The standard InChI is InChI=1S/C17H24N4/c1-11(2)10-18-17-19-14(5)9-16(21-17)20-15-7-6-12(3)13(4)8-15/h6-9,11H,10H2,1-5H3,(H2,18,19,20,21). The zero-order chi connectivity index (χ0) is 15.4. The van der Waals surface area contributed by atoms with Crippen LogP contribution in [0.3, 0.4) is 0 Å². The highest BCUT2D eigenvalue weighted by atomic mass is 15.1. The summed E-state index contributed by atoms with van der Waals surface area (Å²) in [6, 6.07) is 8.27. The lowest BCUT2D eigenvalue weighted by Gasteiger charge is -2.12. The van der Waals surface area contributed by atoms with E-state index in [0.29, 0.717) is 11.9 Å². The van der Waals surface area contributed by atoms with Crippen LogP contribution in [0, 0.1) is 26.7 Å². The molecule has 21 heavy (non-hydrogen) atoms. The Morgan fingerprint density at radius 2 is 1.76 bits per heavy atom. The second-order valence-electron chi connectivity index (χ2n) is 5.92. The Morgan fingerprint density at radius 1 is 1.00 bits per heavy atom. The number of rotatable bonds is 5. The van der Waals surface area contributed by atoms with Gasteiger partial charge in [-0.1, -0.05) is 19.9 Å². The van der Waals surface area contributed by atoms with E-state index in [0.717, 1.165) is 23.7 Å². The molecule has 1 aromatic heterocycles. The summed E-state index contributed by atoms with van der Waals surface area (Å²) in [5, 5.41) is 6.62. The summed E-state index contributed by atoms with van der Waals surface area (Å²) >= 11 is 0. The van der Waals surface area contributed by atoms with Gasteiger partial charge in [0.15, 0.2) is 0 Å². The number of nitrogens with zero attached hydrogens (tertiary/aromatic N) is 2. The molecule has 0 aliphatic carbocycles. The predicted molar refractivity (Wildman–Crippen MR) is 89.3 cm³/mol. The molecule has 0 fully saturated rings. The second kappa shape index (κ2) is 6.57. The van der Waals surface area contributed by atoms with Gasteiger partial charge in [0.25, 0.3) is 0 Å². The lowest BCUT2D eigenvalue weighted by molar-refractivity contribution is 0.684. The quantitative estimate of drug-likeness (QED) is 0.863. The summed E-state index contributed by atoms with van der Waals surface area (Å²) in [7, 11) is 0. The topological polar surface area (TPSA) is 49.8 Å². The van der Waals surface area contributed by atoms with Crippen molar-refractivity contribution < 1.29 is 0 Å². The number of anilines is 3. The van der Waals surface area contributed by atoms with Gasteiger partial charge >= 0.3 is 0 Å². The van der Waals surface area contributed by atoms with Crippen molar-refractivity contribution in [1.82, 2.24) is 9.97 Å². The molecule has 0 saturated carbocycles. The minimum atomic E-state index is 0.560. The first-order valence-electron chi connectivity index (χ1n) is 7.38. The molecule has 4 heteroatoms. The molecule has 0 atom stereocenters. The Kier molecular flexibility index (Phi) is 4.78. The molecule has 0 aliphatic heterocycles. The second-order valence-corrected chi connectivity index (χ2v) is 5.92. The fraction of sp³-hybridized carbons (Fsp3) is 0.412. The van der Waals surface area contributed by atoms with Crippen LogP contribution in [0.25, 0.3) is 0 Å².